The van der Waals surface area contributed by atoms with Crippen molar-refractivity contribution >= 4 is 0 Å². The molecule has 0 unspecified atom stereocenters. The van der Waals surface area contributed by atoms with Crippen molar-refractivity contribution in [2.75, 3.05) is 7.11 Å². The molecule has 0 fully saturated rings. The van der Waals surface area contributed by atoms with Crippen molar-refractivity contribution in [3.63, 3.8) is 0 Å². The van der Waals surface area contributed by atoms with Gasteiger partial charge in [-0.2, -0.15) is 0 Å². The number of rotatable bonds is 3. The smallest absolute Gasteiger partial charge is 0.119 e. The van der Waals surface area contributed by atoms with E-state index in [9.17, 15) is 0 Å². The SMILES string of the molecule is COc1cccc(Cn2cccc2C)c1. The molecule has 0 aliphatic rings. The van der Waals surface area contributed by atoms with Crippen molar-refractivity contribution < 1.29 is 4.74 Å². The van der Waals surface area contributed by atoms with E-state index >= 15 is 0 Å². The van der Waals surface area contributed by atoms with Gasteiger partial charge in [-0.15, -0.1) is 0 Å². The highest BCUT2D eigenvalue weighted by Gasteiger charge is 1.98. The minimum atomic E-state index is 0.899. The molecule has 1 aromatic heterocycles. The lowest BCUT2D eigenvalue weighted by Gasteiger charge is -2.07. The molecule has 2 heteroatoms. The Morgan fingerprint density at radius 3 is 2.73 bits per heavy atom. The Morgan fingerprint density at radius 2 is 2.07 bits per heavy atom. The second kappa shape index (κ2) is 4.22. The second-order valence-electron chi connectivity index (χ2n) is 3.63. The van der Waals surface area contributed by atoms with Crippen LogP contribution in [0.3, 0.4) is 0 Å². The first-order valence-electron chi connectivity index (χ1n) is 5.04. The molecular formula is C13H15NO. The highest BCUT2D eigenvalue weighted by Crippen LogP contribution is 2.14. The molecule has 1 aromatic carbocycles. The first kappa shape index (κ1) is 9.84. The number of ether oxygens (including phenoxy) is 1. The molecule has 15 heavy (non-hydrogen) atoms. The van der Waals surface area contributed by atoms with Crippen LogP contribution in [0, 0.1) is 6.92 Å². The van der Waals surface area contributed by atoms with Crippen LogP contribution in [-0.2, 0) is 6.54 Å². The molecule has 0 aliphatic carbocycles. The Balaban J connectivity index is 2.21. The van der Waals surface area contributed by atoms with Crippen molar-refractivity contribution in [2.24, 2.45) is 0 Å². The van der Waals surface area contributed by atoms with Crippen molar-refractivity contribution in [3.05, 3.63) is 53.9 Å². The van der Waals surface area contributed by atoms with E-state index in [-0.39, 0.29) is 0 Å². The fourth-order valence-electron chi connectivity index (χ4n) is 1.64. The van der Waals surface area contributed by atoms with Gasteiger partial charge in [-0.1, -0.05) is 12.1 Å². The van der Waals surface area contributed by atoms with E-state index < -0.39 is 0 Å². The Morgan fingerprint density at radius 1 is 1.20 bits per heavy atom. The second-order valence-corrected chi connectivity index (χ2v) is 3.63. The van der Waals surface area contributed by atoms with E-state index in [4.69, 9.17) is 4.74 Å². The summed E-state index contributed by atoms with van der Waals surface area (Å²) in [6, 6.07) is 12.3. The zero-order chi connectivity index (χ0) is 10.7. The minimum absolute atomic E-state index is 0.899. The van der Waals surface area contributed by atoms with Crippen LogP contribution in [0.1, 0.15) is 11.3 Å². The minimum Gasteiger partial charge on any atom is -0.497 e. The van der Waals surface area contributed by atoms with Crippen LogP contribution in [0.15, 0.2) is 42.6 Å². The molecular weight excluding hydrogens is 186 g/mol. The molecule has 0 spiro atoms. The summed E-state index contributed by atoms with van der Waals surface area (Å²) in [5.41, 5.74) is 2.53. The van der Waals surface area contributed by atoms with Gasteiger partial charge >= 0.3 is 0 Å². The van der Waals surface area contributed by atoms with Gasteiger partial charge in [0, 0.05) is 18.4 Å². The monoisotopic (exact) mass is 201 g/mol. The predicted molar refractivity (Wildman–Crippen MR) is 61.3 cm³/mol. The quantitative estimate of drug-likeness (QED) is 0.744. The summed E-state index contributed by atoms with van der Waals surface area (Å²) in [4.78, 5) is 0. The van der Waals surface area contributed by atoms with E-state index in [0.717, 1.165) is 12.3 Å². The number of benzene rings is 1. The van der Waals surface area contributed by atoms with E-state index in [2.05, 4.69) is 42.0 Å². The normalized spacial score (nSPS) is 10.3. The molecule has 0 saturated carbocycles. The van der Waals surface area contributed by atoms with Gasteiger partial charge in [0.15, 0.2) is 0 Å². The van der Waals surface area contributed by atoms with Gasteiger partial charge in [0.2, 0.25) is 0 Å². The third kappa shape index (κ3) is 2.21. The first-order valence-corrected chi connectivity index (χ1v) is 5.04. The Bertz CT molecular complexity index is 445. The third-order valence-corrected chi connectivity index (χ3v) is 2.54. The highest BCUT2D eigenvalue weighted by molar-refractivity contribution is 5.29. The molecule has 0 aliphatic heterocycles. The van der Waals surface area contributed by atoms with Crippen molar-refractivity contribution in [1.29, 1.82) is 0 Å². The van der Waals surface area contributed by atoms with Gasteiger partial charge in [0.1, 0.15) is 5.75 Å². The molecule has 2 aromatic rings. The molecule has 0 bridgehead atoms. The summed E-state index contributed by atoms with van der Waals surface area (Å²) < 4.78 is 7.41. The summed E-state index contributed by atoms with van der Waals surface area (Å²) in [5, 5.41) is 0. The number of aromatic nitrogens is 1. The van der Waals surface area contributed by atoms with Gasteiger partial charge in [0.25, 0.3) is 0 Å². The zero-order valence-electron chi connectivity index (χ0n) is 9.10. The van der Waals surface area contributed by atoms with E-state index in [1.807, 2.05) is 12.1 Å². The molecule has 2 nitrogen and oxygen atoms in total. The summed E-state index contributed by atoms with van der Waals surface area (Å²) in [6.07, 6.45) is 2.09. The summed E-state index contributed by atoms with van der Waals surface area (Å²) in [5.74, 6) is 0.914. The van der Waals surface area contributed by atoms with Crippen molar-refractivity contribution in [1.82, 2.24) is 4.57 Å². The Hall–Kier alpha value is -1.70. The lowest BCUT2D eigenvalue weighted by Crippen LogP contribution is -1.99. The van der Waals surface area contributed by atoms with Gasteiger partial charge in [-0.3, -0.25) is 0 Å². The molecule has 0 amide bonds. The van der Waals surface area contributed by atoms with E-state index in [1.165, 1.54) is 11.3 Å². The molecule has 78 valence electrons. The maximum Gasteiger partial charge on any atom is 0.119 e. The highest BCUT2D eigenvalue weighted by atomic mass is 16.5. The first-order chi connectivity index (χ1) is 7.29. The van der Waals surface area contributed by atoms with Crippen LogP contribution >= 0.6 is 0 Å². The van der Waals surface area contributed by atoms with Crippen LogP contribution in [0.2, 0.25) is 0 Å². The standard InChI is InChI=1S/C13H15NO/c1-11-5-4-8-14(11)10-12-6-3-7-13(9-12)15-2/h3-9H,10H2,1-2H3. The molecule has 0 radical (unpaired) electrons. The van der Waals surface area contributed by atoms with Gasteiger partial charge in [0.05, 0.1) is 7.11 Å². The summed E-state index contributed by atoms with van der Waals surface area (Å²) >= 11 is 0. The third-order valence-electron chi connectivity index (χ3n) is 2.54. The largest absolute Gasteiger partial charge is 0.497 e. The average Bonchev–Trinajstić information content (AvgIpc) is 2.65. The molecule has 2 rings (SSSR count). The number of aryl methyl sites for hydroxylation is 1. The number of methoxy groups -OCH3 is 1. The summed E-state index contributed by atoms with van der Waals surface area (Å²) in [7, 11) is 1.69. The lowest BCUT2D eigenvalue weighted by molar-refractivity contribution is 0.414. The van der Waals surface area contributed by atoms with Crippen LogP contribution in [0.5, 0.6) is 5.75 Å². The van der Waals surface area contributed by atoms with Crippen molar-refractivity contribution in [2.45, 2.75) is 13.5 Å². The molecule has 0 atom stereocenters. The maximum absolute atomic E-state index is 5.20. The van der Waals surface area contributed by atoms with Gasteiger partial charge in [-0.05, 0) is 36.8 Å². The summed E-state index contributed by atoms with van der Waals surface area (Å²) in [6.45, 7) is 3.01. The van der Waals surface area contributed by atoms with E-state index in [0.29, 0.717) is 0 Å². The fourth-order valence-corrected chi connectivity index (χ4v) is 1.64. The number of hydrogen-bond acceptors (Lipinski definition) is 1. The molecule has 0 saturated heterocycles. The Labute approximate surface area is 90.1 Å². The average molecular weight is 201 g/mol. The maximum atomic E-state index is 5.20. The number of hydrogen-bond donors (Lipinski definition) is 0. The Kier molecular flexibility index (Phi) is 2.77. The van der Waals surface area contributed by atoms with Gasteiger partial charge < -0.3 is 9.30 Å². The van der Waals surface area contributed by atoms with Crippen LogP contribution in [0.4, 0.5) is 0 Å². The van der Waals surface area contributed by atoms with E-state index in [1.54, 1.807) is 7.11 Å². The van der Waals surface area contributed by atoms with Crippen LogP contribution in [0.25, 0.3) is 0 Å². The van der Waals surface area contributed by atoms with Crippen molar-refractivity contribution in [3.8, 4) is 5.75 Å². The topological polar surface area (TPSA) is 14.2 Å². The molecule has 1 heterocycles. The predicted octanol–water partition coefficient (Wildman–Crippen LogP) is 2.85. The van der Waals surface area contributed by atoms with Crippen LogP contribution in [-0.4, -0.2) is 11.7 Å². The van der Waals surface area contributed by atoms with Gasteiger partial charge in [-0.25, -0.2) is 0 Å². The molecule has 0 N–H and O–H groups in total. The fraction of sp³-hybridized carbons (Fsp3) is 0.231. The lowest BCUT2D eigenvalue weighted by atomic mass is 10.2. The zero-order valence-corrected chi connectivity index (χ0v) is 9.10. The number of nitrogens with zero attached hydrogens (tertiary/aromatic N) is 1. The van der Waals surface area contributed by atoms with Crippen LogP contribution < -0.4 is 4.74 Å².